The Labute approximate surface area is 117 Å². The van der Waals surface area contributed by atoms with Gasteiger partial charge in [-0.1, -0.05) is 6.92 Å². The molecule has 0 aromatic rings. The Morgan fingerprint density at radius 2 is 1.95 bits per heavy atom. The van der Waals surface area contributed by atoms with Crippen molar-refractivity contribution in [2.45, 2.75) is 38.6 Å². The van der Waals surface area contributed by atoms with Crippen molar-refractivity contribution in [3.8, 4) is 0 Å². The zero-order valence-corrected chi connectivity index (χ0v) is 12.8. The van der Waals surface area contributed by atoms with Gasteiger partial charge in [0.15, 0.2) is 0 Å². The van der Waals surface area contributed by atoms with E-state index in [-0.39, 0.29) is 6.04 Å². The molecule has 0 bridgehead atoms. The number of rotatable bonds is 9. The van der Waals surface area contributed by atoms with E-state index in [1.165, 1.54) is 4.31 Å². The van der Waals surface area contributed by atoms with Crippen molar-refractivity contribution in [3.05, 3.63) is 0 Å². The smallest absolute Gasteiger partial charge is 0.279 e. The van der Waals surface area contributed by atoms with Crippen molar-refractivity contribution in [1.82, 2.24) is 14.3 Å². The summed E-state index contributed by atoms with van der Waals surface area (Å²) in [6, 6.07) is 0.0133. The highest BCUT2D eigenvalue weighted by Crippen LogP contribution is 2.08. The van der Waals surface area contributed by atoms with Crippen LogP contribution in [0.1, 0.15) is 32.6 Å². The molecular weight excluding hydrogens is 266 g/mol. The molecule has 114 valence electrons. The van der Waals surface area contributed by atoms with Crippen molar-refractivity contribution in [3.63, 3.8) is 0 Å². The number of hydrogen-bond acceptors (Lipinski definition) is 4. The number of hydrogen-bond donors (Lipinski definition) is 2. The summed E-state index contributed by atoms with van der Waals surface area (Å²) >= 11 is 0. The Morgan fingerprint density at radius 3 is 2.58 bits per heavy atom. The fraction of sp³-hybridized carbons (Fsp3) is 1.00. The second-order valence-electron chi connectivity index (χ2n) is 4.93. The molecule has 1 aliphatic heterocycles. The van der Waals surface area contributed by atoms with E-state index in [0.29, 0.717) is 19.8 Å². The van der Waals surface area contributed by atoms with Crippen LogP contribution in [-0.4, -0.2) is 58.7 Å². The van der Waals surface area contributed by atoms with E-state index in [1.807, 2.05) is 0 Å². The van der Waals surface area contributed by atoms with Crippen molar-refractivity contribution in [2.75, 3.05) is 39.9 Å². The van der Waals surface area contributed by atoms with Crippen LogP contribution in [0.25, 0.3) is 0 Å². The zero-order chi connectivity index (χ0) is 14.1. The first kappa shape index (κ1) is 16.8. The molecule has 0 unspecified atom stereocenters. The highest BCUT2D eigenvalue weighted by molar-refractivity contribution is 7.87. The molecule has 1 rings (SSSR count). The van der Waals surface area contributed by atoms with E-state index >= 15 is 0 Å². The Kier molecular flexibility index (Phi) is 7.86. The van der Waals surface area contributed by atoms with E-state index in [4.69, 9.17) is 4.74 Å². The van der Waals surface area contributed by atoms with Gasteiger partial charge in [0.25, 0.3) is 10.2 Å². The first-order valence-corrected chi connectivity index (χ1v) is 8.52. The van der Waals surface area contributed by atoms with Gasteiger partial charge in [-0.3, -0.25) is 0 Å². The molecule has 0 aliphatic carbocycles. The van der Waals surface area contributed by atoms with Gasteiger partial charge >= 0.3 is 0 Å². The molecule has 1 fully saturated rings. The van der Waals surface area contributed by atoms with Crippen molar-refractivity contribution >= 4 is 10.2 Å². The van der Waals surface area contributed by atoms with Crippen LogP contribution in [-0.2, 0) is 14.9 Å². The molecule has 0 aromatic carbocycles. The molecule has 1 aliphatic rings. The average Bonchev–Trinajstić information content (AvgIpc) is 2.39. The van der Waals surface area contributed by atoms with Gasteiger partial charge in [0, 0.05) is 32.8 Å². The van der Waals surface area contributed by atoms with Crippen LogP contribution in [0.2, 0.25) is 0 Å². The van der Waals surface area contributed by atoms with Gasteiger partial charge in [-0.25, -0.2) is 0 Å². The Balaban J connectivity index is 2.26. The highest BCUT2D eigenvalue weighted by atomic mass is 32.2. The van der Waals surface area contributed by atoms with E-state index in [2.05, 4.69) is 17.0 Å². The van der Waals surface area contributed by atoms with E-state index in [1.54, 1.807) is 7.05 Å². The molecule has 0 spiro atoms. The maximum atomic E-state index is 12.1. The summed E-state index contributed by atoms with van der Waals surface area (Å²) in [4.78, 5) is 0. The lowest BCUT2D eigenvalue weighted by atomic mass is 10.1. The second-order valence-corrected chi connectivity index (χ2v) is 6.74. The topological polar surface area (TPSA) is 70.7 Å². The van der Waals surface area contributed by atoms with Gasteiger partial charge in [-0.05, 0) is 38.8 Å². The number of nitrogens with one attached hydrogen (secondary N) is 2. The van der Waals surface area contributed by atoms with Crippen molar-refractivity contribution in [1.29, 1.82) is 0 Å². The standard InChI is InChI=1S/C12H27N3O3S/c1-3-7-13-8-4-9-15(2)19(16,17)14-12-5-10-18-11-6-12/h12-14H,3-11H2,1-2H3. The molecule has 0 saturated carbocycles. The predicted octanol–water partition coefficient (Wildman–Crippen LogP) is 0.321. The lowest BCUT2D eigenvalue weighted by molar-refractivity contribution is 0.0828. The van der Waals surface area contributed by atoms with Crippen LogP contribution < -0.4 is 10.0 Å². The van der Waals surface area contributed by atoms with Crippen LogP contribution in [0.4, 0.5) is 0 Å². The third-order valence-electron chi connectivity index (χ3n) is 3.20. The van der Waals surface area contributed by atoms with Crippen molar-refractivity contribution < 1.29 is 13.2 Å². The summed E-state index contributed by atoms with van der Waals surface area (Å²) in [7, 11) is -1.73. The number of nitrogens with zero attached hydrogens (tertiary/aromatic N) is 1. The largest absolute Gasteiger partial charge is 0.381 e. The molecular formula is C12H27N3O3S. The maximum Gasteiger partial charge on any atom is 0.279 e. The minimum Gasteiger partial charge on any atom is -0.381 e. The first-order valence-electron chi connectivity index (χ1n) is 7.08. The molecule has 0 atom stereocenters. The summed E-state index contributed by atoms with van der Waals surface area (Å²) in [5, 5.41) is 3.26. The third kappa shape index (κ3) is 6.67. The molecule has 0 aromatic heterocycles. The van der Waals surface area contributed by atoms with Gasteiger partial charge in [-0.2, -0.15) is 17.4 Å². The molecule has 2 N–H and O–H groups in total. The summed E-state index contributed by atoms with van der Waals surface area (Å²) < 4.78 is 33.5. The summed E-state index contributed by atoms with van der Waals surface area (Å²) in [5.74, 6) is 0. The van der Waals surface area contributed by atoms with E-state index in [9.17, 15) is 8.42 Å². The Bertz CT molecular complexity index is 329. The third-order valence-corrected chi connectivity index (χ3v) is 4.83. The van der Waals surface area contributed by atoms with Crippen LogP contribution in [0.3, 0.4) is 0 Å². The molecule has 1 heterocycles. The minimum absolute atomic E-state index is 0.0133. The lowest BCUT2D eigenvalue weighted by Crippen LogP contribution is -2.46. The first-order chi connectivity index (χ1) is 9.06. The molecule has 0 amide bonds. The van der Waals surface area contributed by atoms with Gasteiger partial charge < -0.3 is 10.1 Å². The minimum atomic E-state index is -3.35. The molecule has 19 heavy (non-hydrogen) atoms. The van der Waals surface area contributed by atoms with Gasteiger partial charge in [0.1, 0.15) is 0 Å². The van der Waals surface area contributed by atoms with E-state index in [0.717, 1.165) is 38.8 Å². The SMILES string of the molecule is CCCNCCCN(C)S(=O)(=O)NC1CCOCC1. The van der Waals surface area contributed by atoms with Gasteiger partial charge in [0.2, 0.25) is 0 Å². The zero-order valence-electron chi connectivity index (χ0n) is 12.0. The fourth-order valence-electron chi connectivity index (χ4n) is 1.96. The normalized spacial score (nSPS) is 18.1. The van der Waals surface area contributed by atoms with Crippen molar-refractivity contribution in [2.24, 2.45) is 0 Å². The molecule has 7 heteroatoms. The average molecular weight is 293 g/mol. The lowest BCUT2D eigenvalue weighted by Gasteiger charge is -2.26. The Hall–Kier alpha value is -0.210. The van der Waals surface area contributed by atoms with Gasteiger partial charge in [-0.15, -0.1) is 0 Å². The highest BCUT2D eigenvalue weighted by Gasteiger charge is 2.23. The molecule has 0 radical (unpaired) electrons. The summed E-state index contributed by atoms with van der Waals surface area (Å²) in [6.45, 7) is 5.76. The van der Waals surface area contributed by atoms with Crippen LogP contribution in [0.5, 0.6) is 0 Å². The van der Waals surface area contributed by atoms with E-state index < -0.39 is 10.2 Å². The van der Waals surface area contributed by atoms with Crippen LogP contribution in [0.15, 0.2) is 0 Å². The number of ether oxygens (including phenoxy) is 1. The molecule has 1 saturated heterocycles. The van der Waals surface area contributed by atoms with Crippen LogP contribution in [0, 0.1) is 0 Å². The monoisotopic (exact) mass is 293 g/mol. The second kappa shape index (κ2) is 8.86. The fourth-order valence-corrected chi connectivity index (χ4v) is 3.17. The summed E-state index contributed by atoms with van der Waals surface area (Å²) in [5.41, 5.74) is 0. The van der Waals surface area contributed by atoms with Crippen LogP contribution >= 0.6 is 0 Å². The predicted molar refractivity (Wildman–Crippen MR) is 76.3 cm³/mol. The maximum absolute atomic E-state index is 12.1. The Morgan fingerprint density at radius 1 is 1.26 bits per heavy atom. The quantitative estimate of drug-likeness (QED) is 0.601. The van der Waals surface area contributed by atoms with Gasteiger partial charge in [0.05, 0.1) is 0 Å². The molecule has 6 nitrogen and oxygen atoms in total. The summed E-state index contributed by atoms with van der Waals surface area (Å²) in [6.07, 6.45) is 3.43.